The summed E-state index contributed by atoms with van der Waals surface area (Å²) in [5.41, 5.74) is 2.35. The van der Waals surface area contributed by atoms with Crippen molar-refractivity contribution < 1.29 is 18.7 Å². The number of hydrogen-bond acceptors (Lipinski definition) is 4. The maximum Gasteiger partial charge on any atom is 0.266 e. The van der Waals surface area contributed by atoms with Crippen LogP contribution in [0.2, 0.25) is 5.02 Å². The van der Waals surface area contributed by atoms with Gasteiger partial charge in [0.05, 0.1) is 17.3 Å². The standard InChI is InChI=1S/C30H24ClFN2O3/c1-3-36-28-16-20(14-22(17-33)30(35)34-27-11-7-6-10-26(27)32)15-25(31)29(28)37-18-24-19(2)12-13-21-8-4-5-9-23(21)24/h4-16H,3,18H2,1-2H3,(H,34,35)/b22-14+. The summed E-state index contributed by atoms with van der Waals surface area (Å²) in [6.45, 7) is 4.49. The lowest BCUT2D eigenvalue weighted by atomic mass is 10.0. The Bertz CT molecular complexity index is 1540. The van der Waals surface area contributed by atoms with E-state index >= 15 is 0 Å². The molecule has 0 aliphatic carbocycles. The van der Waals surface area contributed by atoms with E-state index in [1.54, 1.807) is 18.2 Å². The minimum Gasteiger partial charge on any atom is -0.490 e. The second-order valence-corrected chi connectivity index (χ2v) is 8.64. The van der Waals surface area contributed by atoms with Crippen LogP contribution in [0.15, 0.2) is 78.4 Å². The van der Waals surface area contributed by atoms with Gasteiger partial charge in [0.15, 0.2) is 11.5 Å². The number of hydrogen-bond donors (Lipinski definition) is 1. The normalized spacial score (nSPS) is 11.2. The number of nitrogens with one attached hydrogen (secondary N) is 1. The summed E-state index contributed by atoms with van der Waals surface area (Å²) in [5.74, 6) is -0.598. The Balaban J connectivity index is 1.62. The van der Waals surface area contributed by atoms with Crippen LogP contribution in [0.1, 0.15) is 23.6 Å². The molecule has 4 aromatic rings. The predicted octanol–water partition coefficient (Wildman–Crippen LogP) is 7.46. The van der Waals surface area contributed by atoms with Gasteiger partial charge in [0.2, 0.25) is 0 Å². The number of rotatable bonds is 8. The third-order valence-corrected chi connectivity index (χ3v) is 6.05. The molecule has 0 spiro atoms. The maximum atomic E-state index is 13.9. The van der Waals surface area contributed by atoms with Gasteiger partial charge in [-0.3, -0.25) is 4.79 Å². The van der Waals surface area contributed by atoms with E-state index in [0.29, 0.717) is 23.7 Å². The van der Waals surface area contributed by atoms with Crippen molar-refractivity contribution in [2.45, 2.75) is 20.5 Å². The number of aryl methyl sites for hydroxylation is 1. The van der Waals surface area contributed by atoms with Gasteiger partial charge in [-0.15, -0.1) is 0 Å². The molecule has 4 aromatic carbocycles. The van der Waals surface area contributed by atoms with E-state index in [4.69, 9.17) is 21.1 Å². The lowest BCUT2D eigenvalue weighted by molar-refractivity contribution is -0.112. The van der Waals surface area contributed by atoms with Gasteiger partial charge in [0, 0.05) is 5.56 Å². The van der Waals surface area contributed by atoms with Crippen molar-refractivity contribution in [3.05, 3.63) is 106 Å². The highest BCUT2D eigenvalue weighted by Crippen LogP contribution is 2.38. The molecule has 0 atom stereocenters. The smallest absolute Gasteiger partial charge is 0.266 e. The fourth-order valence-electron chi connectivity index (χ4n) is 3.92. The Morgan fingerprint density at radius 3 is 2.59 bits per heavy atom. The average molecular weight is 515 g/mol. The summed E-state index contributed by atoms with van der Waals surface area (Å²) >= 11 is 6.58. The summed E-state index contributed by atoms with van der Waals surface area (Å²) in [5, 5.41) is 14.4. The Hall–Kier alpha value is -4.34. The molecule has 0 aromatic heterocycles. The molecule has 7 heteroatoms. The van der Waals surface area contributed by atoms with Crippen LogP contribution in [-0.4, -0.2) is 12.5 Å². The van der Waals surface area contributed by atoms with Crippen molar-refractivity contribution in [3.63, 3.8) is 0 Å². The van der Waals surface area contributed by atoms with Crippen LogP contribution in [0.4, 0.5) is 10.1 Å². The molecule has 186 valence electrons. The van der Waals surface area contributed by atoms with Gasteiger partial charge < -0.3 is 14.8 Å². The quantitative estimate of drug-likeness (QED) is 0.195. The van der Waals surface area contributed by atoms with Crippen molar-refractivity contribution in [1.29, 1.82) is 5.26 Å². The number of nitriles is 1. The molecule has 37 heavy (non-hydrogen) atoms. The molecule has 0 heterocycles. The first-order chi connectivity index (χ1) is 17.9. The van der Waals surface area contributed by atoms with Crippen molar-refractivity contribution in [1.82, 2.24) is 0 Å². The molecule has 0 radical (unpaired) electrons. The largest absolute Gasteiger partial charge is 0.490 e. The number of nitrogens with zero attached hydrogens (tertiary/aromatic N) is 1. The monoisotopic (exact) mass is 514 g/mol. The molecule has 4 rings (SSSR count). The average Bonchev–Trinajstić information content (AvgIpc) is 2.89. The van der Waals surface area contributed by atoms with E-state index in [2.05, 4.69) is 23.5 Å². The molecule has 0 aliphatic rings. The number of halogens is 2. The molecular weight excluding hydrogens is 491 g/mol. The minimum absolute atomic E-state index is 0.0193. The molecule has 0 bridgehead atoms. The zero-order valence-electron chi connectivity index (χ0n) is 20.3. The van der Waals surface area contributed by atoms with Crippen LogP contribution >= 0.6 is 11.6 Å². The maximum absolute atomic E-state index is 13.9. The van der Waals surface area contributed by atoms with Gasteiger partial charge in [-0.1, -0.05) is 60.1 Å². The zero-order chi connectivity index (χ0) is 26.4. The van der Waals surface area contributed by atoms with Crippen LogP contribution in [0.25, 0.3) is 16.8 Å². The van der Waals surface area contributed by atoms with E-state index in [9.17, 15) is 14.4 Å². The highest BCUT2D eigenvalue weighted by atomic mass is 35.5. The molecule has 0 unspecified atom stereocenters. The van der Waals surface area contributed by atoms with E-state index in [1.165, 1.54) is 24.3 Å². The molecule has 1 N–H and O–H groups in total. The highest BCUT2D eigenvalue weighted by molar-refractivity contribution is 6.32. The number of para-hydroxylation sites is 1. The zero-order valence-corrected chi connectivity index (χ0v) is 21.1. The molecular formula is C30H24ClFN2O3. The molecule has 1 amide bonds. The first kappa shape index (κ1) is 25.7. The topological polar surface area (TPSA) is 71.3 Å². The molecule has 0 saturated heterocycles. The number of carbonyl (C=O) groups excluding carboxylic acids is 1. The van der Waals surface area contributed by atoms with E-state index in [1.807, 2.05) is 38.1 Å². The first-order valence-electron chi connectivity index (χ1n) is 11.6. The lowest BCUT2D eigenvalue weighted by Gasteiger charge is -2.16. The third-order valence-electron chi connectivity index (χ3n) is 5.77. The summed E-state index contributed by atoms with van der Waals surface area (Å²) in [6.07, 6.45) is 1.36. The second-order valence-electron chi connectivity index (χ2n) is 8.24. The van der Waals surface area contributed by atoms with Crippen molar-refractivity contribution in [3.8, 4) is 17.6 Å². The Morgan fingerprint density at radius 1 is 1.08 bits per heavy atom. The van der Waals surface area contributed by atoms with Crippen molar-refractivity contribution in [2.24, 2.45) is 0 Å². The van der Waals surface area contributed by atoms with Gasteiger partial charge in [0.1, 0.15) is 24.1 Å². The summed E-state index contributed by atoms with van der Waals surface area (Å²) in [4.78, 5) is 12.6. The lowest BCUT2D eigenvalue weighted by Crippen LogP contribution is -2.14. The SMILES string of the molecule is CCOc1cc(/C=C(\C#N)C(=O)Nc2ccccc2F)cc(Cl)c1OCc1c(C)ccc2ccccc12. The van der Waals surface area contributed by atoms with E-state index < -0.39 is 11.7 Å². The number of carbonyl (C=O) groups is 1. The Kier molecular flexibility index (Phi) is 8.07. The van der Waals surface area contributed by atoms with Gasteiger partial charge >= 0.3 is 0 Å². The van der Waals surface area contributed by atoms with Crippen LogP contribution in [0, 0.1) is 24.1 Å². The van der Waals surface area contributed by atoms with Gasteiger partial charge in [-0.05, 0) is 66.1 Å². The van der Waals surface area contributed by atoms with Crippen LogP contribution in [-0.2, 0) is 11.4 Å². The highest BCUT2D eigenvalue weighted by Gasteiger charge is 2.16. The van der Waals surface area contributed by atoms with Crippen LogP contribution in [0.3, 0.4) is 0 Å². The van der Waals surface area contributed by atoms with Crippen molar-refractivity contribution in [2.75, 3.05) is 11.9 Å². The predicted molar refractivity (Wildman–Crippen MR) is 144 cm³/mol. The molecule has 0 aliphatic heterocycles. The van der Waals surface area contributed by atoms with Crippen LogP contribution in [0.5, 0.6) is 11.5 Å². The molecule has 0 fully saturated rings. The summed E-state index contributed by atoms with van der Waals surface area (Å²) < 4.78 is 25.9. The van der Waals surface area contributed by atoms with Crippen molar-refractivity contribution >= 4 is 40.0 Å². The third kappa shape index (κ3) is 5.91. The summed E-state index contributed by atoms with van der Waals surface area (Å²) in [7, 11) is 0. The van der Waals surface area contributed by atoms with Gasteiger partial charge in [0.25, 0.3) is 5.91 Å². The first-order valence-corrected chi connectivity index (χ1v) is 12.0. The number of fused-ring (bicyclic) bond motifs is 1. The second kappa shape index (κ2) is 11.6. The fraction of sp³-hybridized carbons (Fsp3) is 0.133. The molecule has 5 nitrogen and oxygen atoms in total. The number of benzene rings is 4. The van der Waals surface area contributed by atoms with E-state index in [0.717, 1.165) is 21.9 Å². The van der Waals surface area contributed by atoms with Gasteiger partial charge in [-0.25, -0.2) is 4.39 Å². The number of amides is 1. The van der Waals surface area contributed by atoms with Crippen LogP contribution < -0.4 is 14.8 Å². The number of ether oxygens (including phenoxy) is 2. The van der Waals surface area contributed by atoms with Gasteiger partial charge in [-0.2, -0.15) is 5.26 Å². The Labute approximate surface area is 219 Å². The van der Waals surface area contributed by atoms with E-state index in [-0.39, 0.29) is 22.9 Å². The fourth-order valence-corrected chi connectivity index (χ4v) is 4.20. The molecule has 0 saturated carbocycles. The number of anilines is 1. The summed E-state index contributed by atoms with van der Waals surface area (Å²) in [6, 6.07) is 23.0. The minimum atomic E-state index is -0.742. The Morgan fingerprint density at radius 2 is 1.84 bits per heavy atom.